The fraction of sp³-hybridized carbons (Fsp3) is 0. The molecule has 0 saturated heterocycles. The average molecular weight is 794 g/mol. The van der Waals surface area contributed by atoms with E-state index in [9.17, 15) is 0 Å². The van der Waals surface area contributed by atoms with Crippen molar-refractivity contribution in [1.82, 2.24) is 0 Å². The summed E-state index contributed by atoms with van der Waals surface area (Å²) in [4.78, 5) is 2.36. The van der Waals surface area contributed by atoms with Crippen LogP contribution in [0.2, 0.25) is 0 Å². The lowest BCUT2D eigenvalue weighted by Crippen LogP contribution is -2.11. The van der Waals surface area contributed by atoms with Crippen molar-refractivity contribution in [3.05, 3.63) is 212 Å². The fourth-order valence-corrected chi connectivity index (χ4v) is 9.53. The van der Waals surface area contributed by atoms with Gasteiger partial charge in [0.05, 0.1) is 5.69 Å². The fourth-order valence-electron chi connectivity index (χ4n) is 9.53. The molecule has 290 valence electrons. The van der Waals surface area contributed by atoms with Gasteiger partial charge in [-0.05, 0) is 106 Å². The van der Waals surface area contributed by atoms with Gasteiger partial charge in [-0.1, -0.05) is 140 Å². The van der Waals surface area contributed by atoms with Crippen molar-refractivity contribution in [3.8, 4) is 33.4 Å². The molecule has 4 heteroatoms. The molecule has 62 heavy (non-hydrogen) atoms. The molecule has 10 aromatic carbocycles. The lowest BCUT2D eigenvalue weighted by molar-refractivity contribution is 0.668. The Bertz CT molecular complexity index is 3870. The van der Waals surface area contributed by atoms with E-state index in [4.69, 9.17) is 13.3 Å². The maximum absolute atomic E-state index is 6.80. The molecule has 0 aliphatic rings. The van der Waals surface area contributed by atoms with Crippen LogP contribution in [0.5, 0.6) is 0 Å². The predicted octanol–water partition coefficient (Wildman–Crippen LogP) is 17.0. The molecule has 0 N–H and O–H groups in total. The smallest absolute Gasteiger partial charge is 0.143 e. The minimum atomic E-state index is 0.873. The third-order valence-corrected chi connectivity index (χ3v) is 12.5. The second-order valence-electron chi connectivity index (χ2n) is 16.0. The normalized spacial score (nSPS) is 11.9. The summed E-state index contributed by atoms with van der Waals surface area (Å²) in [6.45, 7) is 0. The van der Waals surface area contributed by atoms with Gasteiger partial charge in [-0.3, -0.25) is 0 Å². The molecule has 0 aliphatic carbocycles. The number of anilines is 3. The van der Waals surface area contributed by atoms with Crippen LogP contribution in [0.4, 0.5) is 17.1 Å². The lowest BCUT2D eigenvalue weighted by atomic mass is 9.97. The van der Waals surface area contributed by atoms with E-state index in [2.05, 4.69) is 193 Å². The summed E-state index contributed by atoms with van der Waals surface area (Å²) in [5.41, 5.74) is 15.0. The number of hydrogen-bond acceptors (Lipinski definition) is 4. The van der Waals surface area contributed by atoms with Crippen LogP contribution in [-0.2, 0) is 0 Å². The zero-order chi connectivity index (χ0) is 40.7. The SMILES string of the molecule is c1ccc(N(c2ccc(-c3ccc4c(c3)oc3ccccc34)cc2)c2ccc(-c3cccc4oc5ccccc5c34)cc2)c(-c2cccc3c2oc2cc4ccccc4cc23)c1. The number of furan rings is 3. The molecule has 0 amide bonds. The first-order valence-corrected chi connectivity index (χ1v) is 21.0. The predicted molar refractivity (Wildman–Crippen MR) is 257 cm³/mol. The van der Waals surface area contributed by atoms with Crippen LogP contribution in [-0.4, -0.2) is 0 Å². The molecule has 0 bridgehead atoms. The summed E-state index contributed by atoms with van der Waals surface area (Å²) in [7, 11) is 0. The Labute approximate surface area is 356 Å². The molecule has 4 nitrogen and oxygen atoms in total. The van der Waals surface area contributed by atoms with Crippen molar-refractivity contribution in [2.75, 3.05) is 4.90 Å². The minimum absolute atomic E-state index is 0.873. The molecule has 3 aromatic heterocycles. The number of hydrogen-bond donors (Lipinski definition) is 0. The molecule has 0 radical (unpaired) electrons. The molecular weight excluding hydrogens is 759 g/mol. The Morgan fingerprint density at radius 3 is 1.66 bits per heavy atom. The summed E-state index contributed by atoms with van der Waals surface area (Å²) < 4.78 is 19.3. The van der Waals surface area contributed by atoms with E-state index in [-0.39, 0.29) is 0 Å². The second-order valence-corrected chi connectivity index (χ2v) is 16.0. The Morgan fingerprint density at radius 2 is 0.839 bits per heavy atom. The highest BCUT2D eigenvalue weighted by molar-refractivity contribution is 6.15. The maximum atomic E-state index is 6.80. The monoisotopic (exact) mass is 793 g/mol. The molecule has 0 fully saturated rings. The van der Waals surface area contributed by atoms with Crippen LogP contribution in [0, 0.1) is 0 Å². The van der Waals surface area contributed by atoms with Crippen LogP contribution in [0.15, 0.2) is 226 Å². The van der Waals surface area contributed by atoms with Gasteiger partial charge in [-0.25, -0.2) is 0 Å². The van der Waals surface area contributed by atoms with Crippen molar-refractivity contribution in [1.29, 1.82) is 0 Å². The third kappa shape index (κ3) is 5.40. The number of fused-ring (bicyclic) bond motifs is 10. The number of benzene rings is 10. The largest absolute Gasteiger partial charge is 0.456 e. The van der Waals surface area contributed by atoms with Crippen LogP contribution in [0.25, 0.3) is 110 Å². The third-order valence-electron chi connectivity index (χ3n) is 12.5. The Hall–Kier alpha value is -8.34. The van der Waals surface area contributed by atoms with Crippen LogP contribution in [0.1, 0.15) is 0 Å². The molecular formula is C58H35NO3. The minimum Gasteiger partial charge on any atom is -0.456 e. The van der Waals surface area contributed by atoms with Gasteiger partial charge in [-0.2, -0.15) is 0 Å². The lowest BCUT2D eigenvalue weighted by Gasteiger charge is -2.28. The average Bonchev–Trinajstić information content (AvgIpc) is 4.02. The van der Waals surface area contributed by atoms with Gasteiger partial charge in [0.25, 0.3) is 0 Å². The maximum Gasteiger partial charge on any atom is 0.143 e. The van der Waals surface area contributed by atoms with E-state index in [1.807, 2.05) is 24.3 Å². The topological polar surface area (TPSA) is 42.7 Å². The molecule has 0 spiro atoms. The summed E-state index contributed by atoms with van der Waals surface area (Å²) in [6, 6.07) is 75.1. The second kappa shape index (κ2) is 13.6. The first-order valence-electron chi connectivity index (χ1n) is 21.0. The molecule has 3 heterocycles. The quantitative estimate of drug-likeness (QED) is 0.168. The summed E-state index contributed by atoms with van der Waals surface area (Å²) in [5, 5.41) is 9.06. The summed E-state index contributed by atoms with van der Waals surface area (Å²) in [5.74, 6) is 0. The van der Waals surface area contributed by atoms with Gasteiger partial charge in [0.1, 0.15) is 33.5 Å². The van der Waals surface area contributed by atoms with E-state index in [1.165, 1.54) is 5.39 Å². The van der Waals surface area contributed by atoms with E-state index in [0.29, 0.717) is 0 Å². The van der Waals surface area contributed by atoms with Gasteiger partial charge in [0.2, 0.25) is 0 Å². The van der Waals surface area contributed by atoms with Crippen molar-refractivity contribution < 1.29 is 13.3 Å². The number of rotatable bonds is 6. The molecule has 0 atom stereocenters. The molecule has 0 aliphatic heterocycles. The van der Waals surface area contributed by atoms with Crippen LogP contribution < -0.4 is 4.90 Å². The molecule has 13 aromatic rings. The zero-order valence-corrected chi connectivity index (χ0v) is 33.4. The first-order chi connectivity index (χ1) is 30.7. The molecule has 0 saturated carbocycles. The van der Waals surface area contributed by atoms with Crippen molar-refractivity contribution in [2.45, 2.75) is 0 Å². The van der Waals surface area contributed by atoms with Crippen molar-refractivity contribution in [3.63, 3.8) is 0 Å². The van der Waals surface area contributed by atoms with Gasteiger partial charge in [0.15, 0.2) is 0 Å². The Balaban J connectivity index is 0.965. The van der Waals surface area contributed by atoms with E-state index < -0.39 is 0 Å². The number of para-hydroxylation sites is 4. The van der Waals surface area contributed by atoms with Crippen molar-refractivity contribution in [2.24, 2.45) is 0 Å². The van der Waals surface area contributed by atoms with Gasteiger partial charge in [0, 0.05) is 54.8 Å². The van der Waals surface area contributed by atoms with Crippen LogP contribution in [0.3, 0.4) is 0 Å². The Kier molecular flexibility index (Phi) is 7.57. The standard InChI is InChI=1S/C58H35NO3/c1-2-12-39-34-56-50(33-38(39)11-1)48-18-9-17-47(58(48)62-56)44-13-3-6-19-51(44)59(41-28-23-36(24-29-41)40-27-32-46-45-14-4-7-20-52(45)61-55(46)35-40)42-30-25-37(26-31-42)43-16-10-22-54-57(43)49-15-5-8-21-53(49)60-54/h1-35H. The zero-order valence-electron chi connectivity index (χ0n) is 33.4. The summed E-state index contributed by atoms with van der Waals surface area (Å²) >= 11 is 0. The highest BCUT2D eigenvalue weighted by atomic mass is 16.3. The number of nitrogens with zero attached hydrogens (tertiary/aromatic N) is 1. The van der Waals surface area contributed by atoms with Gasteiger partial charge in [-0.15, -0.1) is 0 Å². The molecule has 13 rings (SSSR count). The highest BCUT2D eigenvalue weighted by Crippen LogP contribution is 2.46. The summed E-state index contributed by atoms with van der Waals surface area (Å²) in [6.07, 6.45) is 0. The van der Waals surface area contributed by atoms with Gasteiger partial charge >= 0.3 is 0 Å². The van der Waals surface area contributed by atoms with Crippen molar-refractivity contribution >= 4 is 93.7 Å². The Morgan fingerprint density at radius 1 is 0.290 bits per heavy atom. The highest BCUT2D eigenvalue weighted by Gasteiger charge is 2.22. The van der Waals surface area contributed by atoms with E-state index in [0.717, 1.165) is 122 Å². The van der Waals surface area contributed by atoms with Gasteiger partial charge < -0.3 is 18.2 Å². The molecule has 0 unspecified atom stereocenters. The first kappa shape index (κ1) is 34.5. The van der Waals surface area contributed by atoms with Crippen LogP contribution >= 0.6 is 0 Å². The van der Waals surface area contributed by atoms with E-state index in [1.54, 1.807) is 0 Å². The van der Waals surface area contributed by atoms with E-state index >= 15 is 0 Å².